The summed E-state index contributed by atoms with van der Waals surface area (Å²) in [4.78, 5) is 26.7. The van der Waals surface area contributed by atoms with Crippen molar-refractivity contribution in [3.05, 3.63) is 48.7 Å². The molecular formula is C18H22N2O4. The van der Waals surface area contributed by atoms with Crippen LogP contribution < -0.4 is 5.32 Å². The third-order valence-corrected chi connectivity index (χ3v) is 4.68. The minimum atomic E-state index is -0.894. The van der Waals surface area contributed by atoms with Crippen molar-refractivity contribution in [2.45, 2.75) is 25.0 Å². The van der Waals surface area contributed by atoms with Gasteiger partial charge in [-0.15, -0.1) is 0 Å². The van der Waals surface area contributed by atoms with E-state index in [1.165, 1.54) is 0 Å². The van der Waals surface area contributed by atoms with Gasteiger partial charge in [-0.1, -0.05) is 36.9 Å². The molecule has 0 aliphatic carbocycles. The smallest absolute Gasteiger partial charge is 0.412 e. The topological polar surface area (TPSA) is 67.9 Å². The summed E-state index contributed by atoms with van der Waals surface area (Å²) in [6.45, 7) is 6.26. The molecule has 0 aromatic heterocycles. The summed E-state index contributed by atoms with van der Waals surface area (Å²) in [5, 5.41) is 2.55. The number of ether oxygens (including phenoxy) is 2. The molecule has 0 radical (unpaired) electrons. The quantitative estimate of drug-likeness (QED) is 0.662. The van der Waals surface area contributed by atoms with Crippen molar-refractivity contribution in [1.82, 2.24) is 10.2 Å². The lowest BCUT2D eigenvalue weighted by molar-refractivity contribution is -0.161. The minimum Gasteiger partial charge on any atom is -0.459 e. The Kier molecular flexibility index (Phi) is 5.15. The first-order chi connectivity index (χ1) is 11.7. The normalized spacial score (nSPS) is 26.2. The SMILES string of the molecule is C=COC(=O)NC(C(=O)OC1CN2CCC1CC2)c1ccccc1. The Bertz CT molecular complexity index is 596. The van der Waals surface area contributed by atoms with Crippen LogP contribution in [0.4, 0.5) is 4.79 Å². The van der Waals surface area contributed by atoms with Crippen molar-refractivity contribution in [3.63, 3.8) is 0 Å². The number of carbonyl (C=O) groups excluding carboxylic acids is 2. The third kappa shape index (κ3) is 3.76. The minimum absolute atomic E-state index is 0.108. The van der Waals surface area contributed by atoms with Crippen LogP contribution in [-0.2, 0) is 14.3 Å². The van der Waals surface area contributed by atoms with Crippen molar-refractivity contribution in [3.8, 4) is 0 Å². The largest absolute Gasteiger partial charge is 0.459 e. The highest BCUT2D eigenvalue weighted by molar-refractivity contribution is 5.83. The highest BCUT2D eigenvalue weighted by Gasteiger charge is 2.38. The molecule has 1 N–H and O–H groups in total. The van der Waals surface area contributed by atoms with E-state index in [0.29, 0.717) is 11.5 Å². The average molecular weight is 330 g/mol. The molecular weight excluding hydrogens is 308 g/mol. The number of hydrogen-bond acceptors (Lipinski definition) is 5. The predicted molar refractivity (Wildman–Crippen MR) is 88.0 cm³/mol. The number of benzene rings is 1. The van der Waals surface area contributed by atoms with E-state index in [4.69, 9.17) is 4.74 Å². The number of hydrogen-bond donors (Lipinski definition) is 1. The van der Waals surface area contributed by atoms with E-state index in [1.54, 1.807) is 12.1 Å². The first-order valence-electron chi connectivity index (χ1n) is 8.23. The van der Waals surface area contributed by atoms with Gasteiger partial charge in [0, 0.05) is 6.54 Å². The first-order valence-corrected chi connectivity index (χ1v) is 8.23. The number of carbonyl (C=O) groups is 2. The van der Waals surface area contributed by atoms with Crippen LogP contribution in [0.2, 0.25) is 0 Å². The maximum atomic E-state index is 12.7. The van der Waals surface area contributed by atoms with Crippen molar-refractivity contribution in [2.24, 2.45) is 5.92 Å². The monoisotopic (exact) mass is 330 g/mol. The van der Waals surface area contributed by atoms with Crippen LogP contribution in [0, 0.1) is 5.92 Å². The molecule has 2 unspecified atom stereocenters. The summed E-state index contributed by atoms with van der Waals surface area (Å²) in [5.41, 5.74) is 0.657. The molecule has 3 aliphatic heterocycles. The summed E-state index contributed by atoms with van der Waals surface area (Å²) < 4.78 is 10.4. The highest BCUT2D eigenvalue weighted by atomic mass is 16.6. The number of amides is 1. The van der Waals surface area contributed by atoms with E-state index in [0.717, 1.165) is 38.7 Å². The van der Waals surface area contributed by atoms with E-state index in [1.807, 2.05) is 18.2 Å². The van der Waals surface area contributed by atoms with E-state index >= 15 is 0 Å². The molecule has 0 saturated carbocycles. The lowest BCUT2D eigenvalue weighted by atomic mass is 9.86. The Morgan fingerprint density at radius 3 is 2.54 bits per heavy atom. The Morgan fingerprint density at radius 2 is 1.96 bits per heavy atom. The van der Waals surface area contributed by atoms with Gasteiger partial charge in [-0.05, 0) is 37.4 Å². The van der Waals surface area contributed by atoms with Crippen LogP contribution >= 0.6 is 0 Å². The zero-order valence-corrected chi connectivity index (χ0v) is 13.5. The molecule has 3 heterocycles. The van der Waals surface area contributed by atoms with Gasteiger partial charge in [0.05, 0.1) is 6.26 Å². The molecule has 1 amide bonds. The number of fused-ring (bicyclic) bond motifs is 3. The highest BCUT2D eigenvalue weighted by Crippen LogP contribution is 2.30. The molecule has 3 fully saturated rings. The Morgan fingerprint density at radius 1 is 1.25 bits per heavy atom. The molecule has 128 valence electrons. The van der Waals surface area contributed by atoms with Crippen LogP contribution in [0.5, 0.6) is 0 Å². The molecule has 4 rings (SSSR count). The lowest BCUT2D eigenvalue weighted by Gasteiger charge is -2.44. The molecule has 2 bridgehead atoms. The summed E-state index contributed by atoms with van der Waals surface area (Å²) in [6.07, 6.45) is 2.30. The van der Waals surface area contributed by atoms with Gasteiger partial charge in [-0.25, -0.2) is 9.59 Å². The summed E-state index contributed by atoms with van der Waals surface area (Å²) >= 11 is 0. The summed E-state index contributed by atoms with van der Waals surface area (Å²) in [6, 6.07) is 8.12. The Balaban J connectivity index is 1.71. The molecule has 3 aliphatic rings. The zero-order chi connectivity index (χ0) is 16.9. The Hall–Kier alpha value is -2.34. The van der Waals surface area contributed by atoms with Gasteiger partial charge < -0.3 is 14.8 Å². The van der Waals surface area contributed by atoms with E-state index < -0.39 is 18.1 Å². The second-order valence-electron chi connectivity index (χ2n) is 6.17. The predicted octanol–water partition coefficient (Wildman–Crippen LogP) is 2.23. The van der Waals surface area contributed by atoms with Gasteiger partial charge in [0.25, 0.3) is 0 Å². The molecule has 2 atom stereocenters. The second-order valence-corrected chi connectivity index (χ2v) is 6.17. The molecule has 24 heavy (non-hydrogen) atoms. The van der Waals surface area contributed by atoms with Crippen molar-refractivity contribution >= 4 is 12.1 Å². The van der Waals surface area contributed by atoms with Crippen LogP contribution in [0.25, 0.3) is 0 Å². The van der Waals surface area contributed by atoms with Crippen LogP contribution in [-0.4, -0.2) is 42.7 Å². The van der Waals surface area contributed by atoms with Crippen LogP contribution in [0.1, 0.15) is 24.4 Å². The summed E-state index contributed by atoms with van der Waals surface area (Å²) in [5.74, 6) is -0.0449. The number of alkyl carbamates (subject to hydrolysis) is 1. The third-order valence-electron chi connectivity index (χ3n) is 4.68. The van der Waals surface area contributed by atoms with E-state index in [9.17, 15) is 9.59 Å². The van der Waals surface area contributed by atoms with Crippen molar-refractivity contribution in [2.75, 3.05) is 19.6 Å². The maximum Gasteiger partial charge on any atom is 0.412 e. The fourth-order valence-corrected chi connectivity index (χ4v) is 3.41. The van der Waals surface area contributed by atoms with E-state index in [-0.39, 0.29) is 6.10 Å². The average Bonchev–Trinajstić information content (AvgIpc) is 2.61. The van der Waals surface area contributed by atoms with Gasteiger partial charge in [0.2, 0.25) is 0 Å². The standard InChI is InChI=1S/C18H22N2O4/c1-2-23-18(22)19-16(14-6-4-3-5-7-14)17(21)24-15-12-20-10-8-13(15)9-11-20/h2-7,13,15-16H,1,8-12H2,(H,19,22). The van der Waals surface area contributed by atoms with Crippen molar-refractivity contribution < 1.29 is 19.1 Å². The molecule has 0 spiro atoms. The molecule has 6 heteroatoms. The zero-order valence-electron chi connectivity index (χ0n) is 13.5. The van der Waals surface area contributed by atoms with Gasteiger partial charge >= 0.3 is 12.1 Å². The van der Waals surface area contributed by atoms with E-state index in [2.05, 4.69) is 21.5 Å². The molecule has 3 saturated heterocycles. The van der Waals surface area contributed by atoms with Crippen LogP contribution in [0.15, 0.2) is 43.2 Å². The summed E-state index contributed by atoms with van der Waals surface area (Å²) in [7, 11) is 0. The fourth-order valence-electron chi connectivity index (χ4n) is 3.41. The van der Waals surface area contributed by atoms with Gasteiger partial charge in [0.15, 0.2) is 6.04 Å². The molecule has 6 nitrogen and oxygen atoms in total. The fraction of sp³-hybridized carbons (Fsp3) is 0.444. The number of nitrogens with zero attached hydrogens (tertiary/aromatic N) is 1. The lowest BCUT2D eigenvalue weighted by Crippen LogP contribution is -2.52. The number of esters is 1. The number of nitrogens with one attached hydrogen (secondary N) is 1. The van der Waals surface area contributed by atoms with Crippen LogP contribution in [0.3, 0.4) is 0 Å². The Labute approximate surface area is 141 Å². The van der Waals surface area contributed by atoms with Crippen molar-refractivity contribution in [1.29, 1.82) is 0 Å². The molecule has 1 aromatic carbocycles. The molecule has 1 aromatic rings. The second kappa shape index (κ2) is 7.49. The first kappa shape index (κ1) is 16.5. The number of rotatable bonds is 5. The van der Waals surface area contributed by atoms with Gasteiger partial charge in [0.1, 0.15) is 6.10 Å². The number of piperidine rings is 3. The maximum absolute atomic E-state index is 12.7. The van der Waals surface area contributed by atoms with Gasteiger partial charge in [-0.2, -0.15) is 0 Å². The van der Waals surface area contributed by atoms with Gasteiger partial charge in [-0.3, -0.25) is 4.90 Å².